The van der Waals surface area contributed by atoms with E-state index in [-0.39, 0.29) is 29.1 Å². The summed E-state index contributed by atoms with van der Waals surface area (Å²) < 4.78 is 0. The average Bonchev–Trinajstić information content (AvgIpc) is 2.70. The van der Waals surface area contributed by atoms with Crippen LogP contribution in [-0.4, -0.2) is 48.8 Å². The van der Waals surface area contributed by atoms with E-state index >= 15 is 0 Å². The number of rotatable bonds is 4. The molecule has 3 aliphatic rings. The zero-order valence-corrected chi connectivity index (χ0v) is 15.0. The van der Waals surface area contributed by atoms with E-state index in [4.69, 9.17) is 0 Å². The number of hydrogen-bond acceptors (Lipinski definition) is 3. The van der Waals surface area contributed by atoms with Crippen molar-refractivity contribution in [2.75, 3.05) is 27.2 Å². The highest BCUT2D eigenvalue weighted by Gasteiger charge is 2.51. The van der Waals surface area contributed by atoms with Crippen molar-refractivity contribution in [3.63, 3.8) is 0 Å². The Kier molecular flexibility index (Phi) is 4.39. The minimum atomic E-state index is -0.0852. The van der Waals surface area contributed by atoms with Crippen LogP contribution in [0.4, 0.5) is 0 Å². The minimum absolute atomic E-state index is 0.0745. The summed E-state index contributed by atoms with van der Waals surface area (Å²) in [7, 11) is 4.04. The fourth-order valence-electron chi connectivity index (χ4n) is 4.73. The molecule has 1 heterocycles. The van der Waals surface area contributed by atoms with Crippen molar-refractivity contribution in [2.45, 2.75) is 52.4 Å². The molecule has 1 fully saturated rings. The van der Waals surface area contributed by atoms with Crippen molar-refractivity contribution in [3.8, 4) is 0 Å². The van der Waals surface area contributed by atoms with Gasteiger partial charge in [-0.2, -0.15) is 0 Å². The number of likely N-dealkylation sites (tertiary alicyclic amines) is 1. The van der Waals surface area contributed by atoms with Gasteiger partial charge in [0.05, 0.1) is 11.8 Å². The van der Waals surface area contributed by atoms with Gasteiger partial charge in [0.2, 0.25) is 11.8 Å². The molecule has 0 bridgehead atoms. The van der Waals surface area contributed by atoms with Crippen molar-refractivity contribution in [1.82, 2.24) is 9.80 Å². The maximum absolute atomic E-state index is 12.8. The quantitative estimate of drug-likeness (QED) is 0.591. The third-order valence-electron chi connectivity index (χ3n) is 6.05. The molecular formula is C19H30N2O2. The molecule has 0 saturated carbocycles. The van der Waals surface area contributed by atoms with Crippen molar-refractivity contribution in [1.29, 1.82) is 0 Å². The first-order valence-electron chi connectivity index (χ1n) is 9.02. The Morgan fingerprint density at radius 2 is 1.78 bits per heavy atom. The minimum Gasteiger partial charge on any atom is -0.309 e. The third kappa shape index (κ3) is 2.98. The first kappa shape index (κ1) is 16.7. The van der Waals surface area contributed by atoms with Crippen LogP contribution in [0.2, 0.25) is 0 Å². The highest BCUT2D eigenvalue weighted by Crippen LogP contribution is 2.51. The Labute approximate surface area is 139 Å². The maximum Gasteiger partial charge on any atom is 0.233 e. The largest absolute Gasteiger partial charge is 0.309 e. The van der Waals surface area contributed by atoms with Crippen LogP contribution in [0.25, 0.3) is 0 Å². The molecule has 2 amide bonds. The molecule has 128 valence electrons. The van der Waals surface area contributed by atoms with Gasteiger partial charge in [-0.3, -0.25) is 14.5 Å². The molecule has 4 nitrogen and oxygen atoms in total. The van der Waals surface area contributed by atoms with Gasteiger partial charge in [0.15, 0.2) is 0 Å². The van der Waals surface area contributed by atoms with Crippen molar-refractivity contribution in [2.24, 2.45) is 17.3 Å². The second kappa shape index (κ2) is 6.04. The van der Waals surface area contributed by atoms with E-state index in [1.165, 1.54) is 24.0 Å². The first-order chi connectivity index (χ1) is 10.8. The van der Waals surface area contributed by atoms with Gasteiger partial charge in [0.1, 0.15) is 0 Å². The molecule has 0 radical (unpaired) electrons. The second-order valence-corrected chi connectivity index (χ2v) is 8.43. The van der Waals surface area contributed by atoms with Gasteiger partial charge in [0.25, 0.3) is 0 Å². The highest BCUT2D eigenvalue weighted by atomic mass is 16.2. The molecule has 0 N–H and O–H groups in total. The van der Waals surface area contributed by atoms with Gasteiger partial charge >= 0.3 is 0 Å². The number of fused-ring (bicyclic) bond motifs is 1. The Bertz CT molecular complexity index is 548. The van der Waals surface area contributed by atoms with Crippen LogP contribution in [0.5, 0.6) is 0 Å². The molecule has 2 aliphatic carbocycles. The maximum atomic E-state index is 12.8. The number of carbonyl (C=O) groups is 2. The lowest BCUT2D eigenvalue weighted by Gasteiger charge is -2.40. The standard InChI is InChI=1S/C19H30N2O2/c1-19(2)8-5-7-13-11-14-15(12-16(13)19)18(23)21(17(14)22)10-6-9-20(3)4/h14-15H,5-12H2,1-4H3/t14-,15-/m0/s1. The zero-order valence-electron chi connectivity index (χ0n) is 15.0. The van der Waals surface area contributed by atoms with Crippen LogP contribution < -0.4 is 0 Å². The fraction of sp³-hybridized carbons (Fsp3) is 0.789. The summed E-state index contributed by atoms with van der Waals surface area (Å²) in [6, 6.07) is 0. The lowest BCUT2D eigenvalue weighted by Crippen LogP contribution is -2.33. The van der Waals surface area contributed by atoms with E-state index in [1.54, 1.807) is 4.90 Å². The number of nitrogens with zero attached hydrogens (tertiary/aromatic N) is 2. The van der Waals surface area contributed by atoms with Gasteiger partial charge in [0, 0.05) is 6.54 Å². The predicted octanol–water partition coefficient (Wildman–Crippen LogP) is 2.84. The molecule has 2 atom stereocenters. The van der Waals surface area contributed by atoms with E-state index < -0.39 is 0 Å². The fourth-order valence-corrected chi connectivity index (χ4v) is 4.73. The number of imide groups is 1. The van der Waals surface area contributed by atoms with Gasteiger partial charge in [-0.05, 0) is 64.6 Å². The Hall–Kier alpha value is -1.16. The number of carbonyl (C=O) groups excluding carboxylic acids is 2. The Balaban J connectivity index is 1.75. The normalized spacial score (nSPS) is 30.0. The van der Waals surface area contributed by atoms with E-state index in [9.17, 15) is 9.59 Å². The summed E-state index contributed by atoms with van der Waals surface area (Å²) in [6.45, 7) is 6.10. The molecule has 0 aromatic heterocycles. The van der Waals surface area contributed by atoms with Gasteiger partial charge in [-0.1, -0.05) is 25.0 Å². The summed E-state index contributed by atoms with van der Waals surface area (Å²) in [5.74, 6) is 0.0212. The summed E-state index contributed by atoms with van der Waals surface area (Å²) in [5, 5.41) is 0. The monoisotopic (exact) mass is 318 g/mol. The number of hydrogen-bond donors (Lipinski definition) is 0. The summed E-state index contributed by atoms with van der Waals surface area (Å²) in [6.07, 6.45) is 6.07. The second-order valence-electron chi connectivity index (χ2n) is 8.43. The van der Waals surface area contributed by atoms with E-state index in [0.29, 0.717) is 6.54 Å². The van der Waals surface area contributed by atoms with E-state index in [1.807, 2.05) is 14.1 Å². The molecule has 4 heteroatoms. The highest BCUT2D eigenvalue weighted by molar-refractivity contribution is 6.05. The molecule has 0 unspecified atom stereocenters. The van der Waals surface area contributed by atoms with Crippen molar-refractivity contribution < 1.29 is 9.59 Å². The Morgan fingerprint density at radius 3 is 2.43 bits per heavy atom. The van der Waals surface area contributed by atoms with Crippen LogP contribution in [-0.2, 0) is 9.59 Å². The summed E-state index contributed by atoms with van der Waals surface area (Å²) >= 11 is 0. The zero-order chi connectivity index (χ0) is 16.8. The predicted molar refractivity (Wildman–Crippen MR) is 90.8 cm³/mol. The molecule has 3 rings (SSSR count). The van der Waals surface area contributed by atoms with Crippen LogP contribution >= 0.6 is 0 Å². The van der Waals surface area contributed by atoms with E-state index in [2.05, 4.69) is 18.7 Å². The summed E-state index contributed by atoms with van der Waals surface area (Å²) in [4.78, 5) is 29.2. The van der Waals surface area contributed by atoms with Gasteiger partial charge in [-0.15, -0.1) is 0 Å². The van der Waals surface area contributed by atoms with Crippen LogP contribution in [0.1, 0.15) is 52.4 Å². The van der Waals surface area contributed by atoms with E-state index in [0.717, 1.165) is 32.2 Å². The molecule has 0 aromatic carbocycles. The summed E-state index contributed by atoms with van der Waals surface area (Å²) in [5.41, 5.74) is 3.18. The van der Waals surface area contributed by atoms with Crippen molar-refractivity contribution in [3.05, 3.63) is 11.1 Å². The molecule has 0 aromatic rings. The smallest absolute Gasteiger partial charge is 0.233 e. The molecular weight excluding hydrogens is 288 g/mol. The van der Waals surface area contributed by atoms with Gasteiger partial charge < -0.3 is 4.90 Å². The average molecular weight is 318 g/mol. The molecule has 1 aliphatic heterocycles. The molecule has 23 heavy (non-hydrogen) atoms. The van der Waals surface area contributed by atoms with Crippen LogP contribution in [0.3, 0.4) is 0 Å². The van der Waals surface area contributed by atoms with Crippen molar-refractivity contribution >= 4 is 11.8 Å². The molecule has 0 spiro atoms. The van der Waals surface area contributed by atoms with Crippen LogP contribution in [0, 0.1) is 17.3 Å². The van der Waals surface area contributed by atoms with Crippen LogP contribution in [0.15, 0.2) is 11.1 Å². The SMILES string of the molecule is CN(C)CCCN1C(=O)[C@H]2CC3=C(C[C@@H]2C1=O)C(C)(C)CCC3. The number of allylic oxidation sites excluding steroid dienone is 2. The topological polar surface area (TPSA) is 40.6 Å². The van der Waals surface area contributed by atoms with Gasteiger partial charge in [-0.25, -0.2) is 0 Å². The number of amides is 2. The third-order valence-corrected chi connectivity index (χ3v) is 6.05. The molecule has 1 saturated heterocycles. The first-order valence-corrected chi connectivity index (χ1v) is 9.02. The Morgan fingerprint density at radius 1 is 1.13 bits per heavy atom. The lowest BCUT2D eigenvalue weighted by molar-refractivity contribution is -0.140. The lowest BCUT2D eigenvalue weighted by atomic mass is 9.63.